The highest BCUT2D eigenvalue weighted by atomic mass is 16.5. The van der Waals surface area contributed by atoms with E-state index in [0.717, 1.165) is 45.6 Å². The Morgan fingerprint density at radius 3 is 2.39 bits per heavy atom. The van der Waals surface area contributed by atoms with E-state index in [1.54, 1.807) is 0 Å². The molecule has 2 rings (SSSR count). The Bertz CT molecular complexity index is 332. The molecule has 2 aliphatic heterocycles. The second-order valence-corrected chi connectivity index (χ2v) is 7.64. The van der Waals surface area contributed by atoms with E-state index >= 15 is 0 Å². The minimum atomic E-state index is 0.350. The highest BCUT2D eigenvalue weighted by Crippen LogP contribution is 2.18. The molecule has 2 heterocycles. The fourth-order valence-electron chi connectivity index (χ4n) is 3.80. The maximum absolute atomic E-state index is 12.7. The van der Waals surface area contributed by atoms with E-state index in [1.165, 1.54) is 38.8 Å². The highest BCUT2D eigenvalue weighted by Gasteiger charge is 2.25. The van der Waals surface area contributed by atoms with Crippen molar-refractivity contribution in [2.75, 3.05) is 39.4 Å². The number of likely N-dealkylation sites (tertiary alicyclic amines) is 1. The van der Waals surface area contributed by atoms with Gasteiger partial charge in [-0.25, -0.2) is 0 Å². The molecule has 23 heavy (non-hydrogen) atoms. The molecule has 0 aromatic carbocycles. The molecule has 0 aliphatic carbocycles. The number of hydrogen-bond acceptors (Lipinski definition) is 3. The van der Waals surface area contributed by atoms with Crippen LogP contribution in [0.4, 0.5) is 0 Å². The molecule has 0 aromatic heterocycles. The summed E-state index contributed by atoms with van der Waals surface area (Å²) in [7, 11) is 0. The third-order valence-corrected chi connectivity index (χ3v) is 5.11. The molecule has 0 unspecified atom stereocenters. The first-order valence-electron chi connectivity index (χ1n) is 9.76. The summed E-state index contributed by atoms with van der Waals surface area (Å²) in [5.74, 6) is 0.790. The van der Waals surface area contributed by atoms with Crippen molar-refractivity contribution in [2.45, 2.75) is 71.3 Å². The largest absolute Gasteiger partial charge is 0.381 e. The van der Waals surface area contributed by atoms with Crippen LogP contribution in [0.3, 0.4) is 0 Å². The lowest BCUT2D eigenvalue weighted by molar-refractivity contribution is -0.136. The van der Waals surface area contributed by atoms with Crippen molar-refractivity contribution in [1.29, 1.82) is 0 Å². The normalized spacial score (nSPS) is 21.3. The lowest BCUT2D eigenvalue weighted by Gasteiger charge is -2.35. The van der Waals surface area contributed by atoms with Crippen LogP contribution in [0.5, 0.6) is 0 Å². The van der Waals surface area contributed by atoms with Gasteiger partial charge >= 0.3 is 0 Å². The molecule has 0 saturated carbocycles. The molecule has 0 atom stereocenters. The second-order valence-electron chi connectivity index (χ2n) is 7.64. The van der Waals surface area contributed by atoms with Crippen LogP contribution in [0.25, 0.3) is 0 Å². The van der Waals surface area contributed by atoms with Gasteiger partial charge in [0.15, 0.2) is 0 Å². The molecule has 134 valence electrons. The van der Waals surface area contributed by atoms with Gasteiger partial charge in [0.25, 0.3) is 0 Å². The maximum Gasteiger partial charge on any atom is 0.223 e. The molecular weight excluding hydrogens is 288 g/mol. The molecule has 2 fully saturated rings. The van der Waals surface area contributed by atoms with Gasteiger partial charge in [-0.1, -0.05) is 26.7 Å². The van der Waals surface area contributed by atoms with Gasteiger partial charge in [0.1, 0.15) is 0 Å². The summed E-state index contributed by atoms with van der Waals surface area (Å²) in [6.07, 6.45) is 9.27. The van der Waals surface area contributed by atoms with E-state index < -0.39 is 0 Å². The van der Waals surface area contributed by atoms with Crippen LogP contribution in [0.15, 0.2) is 0 Å². The van der Waals surface area contributed by atoms with Gasteiger partial charge in [-0.2, -0.15) is 0 Å². The third kappa shape index (κ3) is 6.80. The van der Waals surface area contributed by atoms with Gasteiger partial charge in [-0.15, -0.1) is 0 Å². The van der Waals surface area contributed by atoms with Crippen LogP contribution in [-0.4, -0.2) is 61.1 Å². The van der Waals surface area contributed by atoms with Gasteiger partial charge in [-0.05, 0) is 57.7 Å². The Morgan fingerprint density at radius 1 is 1.13 bits per heavy atom. The molecule has 1 amide bonds. The molecule has 2 saturated heterocycles. The van der Waals surface area contributed by atoms with Gasteiger partial charge in [-0.3, -0.25) is 4.79 Å². The average molecular weight is 325 g/mol. The quantitative estimate of drug-likeness (QED) is 0.720. The molecule has 4 nitrogen and oxygen atoms in total. The minimum absolute atomic E-state index is 0.350. The highest BCUT2D eigenvalue weighted by molar-refractivity contribution is 5.76. The van der Waals surface area contributed by atoms with Crippen LogP contribution < -0.4 is 0 Å². The van der Waals surface area contributed by atoms with Gasteiger partial charge in [0.2, 0.25) is 5.91 Å². The lowest BCUT2D eigenvalue weighted by atomic mass is 10.0. The topological polar surface area (TPSA) is 32.8 Å². The van der Waals surface area contributed by atoms with Crippen molar-refractivity contribution in [3.8, 4) is 0 Å². The fraction of sp³-hybridized carbons (Fsp3) is 0.947. The smallest absolute Gasteiger partial charge is 0.223 e. The van der Waals surface area contributed by atoms with Crippen molar-refractivity contribution >= 4 is 5.91 Å². The zero-order valence-electron chi connectivity index (χ0n) is 15.3. The summed E-state index contributed by atoms with van der Waals surface area (Å²) in [5.41, 5.74) is 0. The number of carbonyl (C=O) groups excluding carboxylic acids is 1. The zero-order chi connectivity index (χ0) is 16.5. The summed E-state index contributed by atoms with van der Waals surface area (Å²) in [6.45, 7) is 10.5. The first kappa shape index (κ1) is 18.7. The SMILES string of the molecule is CC(C)CC(=O)N(CCCN1CCCCCC1)C1CCOCC1. The van der Waals surface area contributed by atoms with Crippen molar-refractivity contribution < 1.29 is 9.53 Å². The van der Waals surface area contributed by atoms with Crippen LogP contribution in [0.1, 0.15) is 65.2 Å². The fourth-order valence-corrected chi connectivity index (χ4v) is 3.80. The van der Waals surface area contributed by atoms with E-state index in [2.05, 4.69) is 23.6 Å². The molecule has 2 aliphatic rings. The van der Waals surface area contributed by atoms with E-state index in [-0.39, 0.29) is 0 Å². The molecule has 0 spiro atoms. The van der Waals surface area contributed by atoms with Crippen molar-refractivity contribution in [2.24, 2.45) is 5.92 Å². The van der Waals surface area contributed by atoms with Gasteiger partial charge in [0, 0.05) is 32.2 Å². The number of rotatable bonds is 7. The Balaban J connectivity index is 1.81. The van der Waals surface area contributed by atoms with E-state index in [1.807, 2.05) is 0 Å². The van der Waals surface area contributed by atoms with Crippen LogP contribution >= 0.6 is 0 Å². The van der Waals surface area contributed by atoms with Crippen molar-refractivity contribution in [3.63, 3.8) is 0 Å². The minimum Gasteiger partial charge on any atom is -0.381 e. The summed E-state index contributed by atoms with van der Waals surface area (Å²) in [6, 6.07) is 0.402. The molecule has 0 bridgehead atoms. The summed E-state index contributed by atoms with van der Waals surface area (Å²) in [5, 5.41) is 0. The second kappa shape index (κ2) is 10.3. The predicted molar refractivity (Wildman–Crippen MR) is 94.5 cm³/mol. The van der Waals surface area contributed by atoms with Gasteiger partial charge < -0.3 is 14.5 Å². The number of hydrogen-bond donors (Lipinski definition) is 0. The Kier molecular flexibility index (Phi) is 8.38. The monoisotopic (exact) mass is 324 g/mol. The lowest BCUT2D eigenvalue weighted by Crippen LogP contribution is -2.45. The van der Waals surface area contributed by atoms with Crippen LogP contribution in [0.2, 0.25) is 0 Å². The first-order valence-corrected chi connectivity index (χ1v) is 9.76. The molecule has 4 heteroatoms. The predicted octanol–water partition coefficient (Wildman–Crippen LogP) is 3.31. The average Bonchev–Trinajstić information content (AvgIpc) is 2.80. The van der Waals surface area contributed by atoms with Crippen LogP contribution in [-0.2, 0) is 9.53 Å². The number of carbonyl (C=O) groups is 1. The zero-order valence-corrected chi connectivity index (χ0v) is 15.3. The number of amides is 1. The van der Waals surface area contributed by atoms with Crippen LogP contribution in [0, 0.1) is 5.92 Å². The summed E-state index contributed by atoms with van der Waals surface area (Å²) in [4.78, 5) is 17.4. The standard InChI is InChI=1S/C19H36N2O2/c1-17(2)16-19(22)21(18-8-14-23-15-9-18)13-7-12-20-10-5-3-4-6-11-20/h17-18H,3-16H2,1-2H3. The summed E-state index contributed by atoms with van der Waals surface area (Å²) >= 11 is 0. The van der Waals surface area contributed by atoms with E-state index in [9.17, 15) is 4.79 Å². The number of nitrogens with zero attached hydrogens (tertiary/aromatic N) is 2. The van der Waals surface area contributed by atoms with Crippen molar-refractivity contribution in [3.05, 3.63) is 0 Å². The Morgan fingerprint density at radius 2 is 1.78 bits per heavy atom. The first-order chi connectivity index (χ1) is 11.2. The summed E-state index contributed by atoms with van der Waals surface area (Å²) < 4.78 is 5.48. The molecule has 0 aromatic rings. The third-order valence-electron chi connectivity index (χ3n) is 5.11. The van der Waals surface area contributed by atoms with E-state index in [4.69, 9.17) is 4.74 Å². The van der Waals surface area contributed by atoms with E-state index in [0.29, 0.717) is 24.3 Å². The maximum atomic E-state index is 12.7. The number of ether oxygens (including phenoxy) is 1. The van der Waals surface area contributed by atoms with Crippen molar-refractivity contribution in [1.82, 2.24) is 9.80 Å². The molecular formula is C19H36N2O2. The molecule has 0 radical (unpaired) electrons. The Labute approximate surface area is 142 Å². The molecule has 0 N–H and O–H groups in total. The Hall–Kier alpha value is -0.610. The van der Waals surface area contributed by atoms with Gasteiger partial charge in [0.05, 0.1) is 0 Å².